The molecule has 2 saturated carbocycles. The number of phenols is 1. The molecule has 2 N–H and O–H groups in total. The maximum atomic E-state index is 10.4. The van der Waals surface area contributed by atoms with Gasteiger partial charge in [-0.25, -0.2) is 0 Å². The average Bonchev–Trinajstić information content (AvgIpc) is 2.83. The average molecular weight is 282 g/mol. The van der Waals surface area contributed by atoms with E-state index in [0.717, 1.165) is 25.7 Å². The SMILES string of the molecule is C#CC1C[C@H]2[C@@H]3CCc4cc(O)ccc4[C@H]3CC[C@@H]2C1O. The zero-order valence-electron chi connectivity index (χ0n) is 12.2. The number of benzene rings is 1. The summed E-state index contributed by atoms with van der Waals surface area (Å²) < 4.78 is 0. The summed E-state index contributed by atoms with van der Waals surface area (Å²) >= 11 is 0. The molecule has 0 radical (unpaired) electrons. The lowest BCUT2D eigenvalue weighted by Gasteiger charge is -2.44. The topological polar surface area (TPSA) is 40.5 Å². The van der Waals surface area contributed by atoms with Crippen LogP contribution in [0.5, 0.6) is 5.75 Å². The number of aryl methyl sites for hydroxylation is 1. The molecule has 2 nitrogen and oxygen atoms in total. The first-order valence-corrected chi connectivity index (χ1v) is 8.15. The van der Waals surface area contributed by atoms with Crippen molar-refractivity contribution in [3.63, 3.8) is 0 Å². The summed E-state index contributed by atoms with van der Waals surface area (Å²) in [6.45, 7) is 0. The molecule has 0 amide bonds. The van der Waals surface area contributed by atoms with Crippen LogP contribution in [0.1, 0.15) is 42.7 Å². The lowest BCUT2D eigenvalue weighted by atomic mass is 9.61. The Morgan fingerprint density at radius 1 is 1.10 bits per heavy atom. The summed E-state index contributed by atoms with van der Waals surface area (Å²) in [6.07, 6.45) is 10.8. The normalized spacial score (nSPS) is 40.8. The van der Waals surface area contributed by atoms with Gasteiger partial charge in [0.2, 0.25) is 0 Å². The van der Waals surface area contributed by atoms with E-state index in [1.54, 1.807) is 0 Å². The largest absolute Gasteiger partial charge is 0.508 e. The minimum atomic E-state index is -0.290. The van der Waals surface area contributed by atoms with E-state index < -0.39 is 0 Å². The third kappa shape index (κ3) is 1.91. The second-order valence-corrected chi connectivity index (χ2v) is 7.10. The summed E-state index contributed by atoms with van der Waals surface area (Å²) in [4.78, 5) is 0. The van der Waals surface area contributed by atoms with Crippen LogP contribution in [0.3, 0.4) is 0 Å². The van der Waals surface area contributed by atoms with Gasteiger partial charge in [0.1, 0.15) is 5.75 Å². The van der Waals surface area contributed by atoms with Crippen LogP contribution in [0.4, 0.5) is 0 Å². The summed E-state index contributed by atoms with van der Waals surface area (Å²) in [6, 6.07) is 5.87. The second kappa shape index (κ2) is 4.78. The Balaban J connectivity index is 1.67. The van der Waals surface area contributed by atoms with Gasteiger partial charge in [-0.2, -0.15) is 0 Å². The van der Waals surface area contributed by atoms with Crippen LogP contribution in [0.25, 0.3) is 0 Å². The molecule has 1 aromatic rings. The maximum Gasteiger partial charge on any atom is 0.115 e. The van der Waals surface area contributed by atoms with E-state index in [1.807, 2.05) is 12.1 Å². The maximum absolute atomic E-state index is 10.4. The molecule has 2 fully saturated rings. The summed E-state index contributed by atoms with van der Waals surface area (Å²) in [5.41, 5.74) is 2.75. The summed E-state index contributed by atoms with van der Waals surface area (Å²) in [7, 11) is 0. The lowest BCUT2D eigenvalue weighted by Crippen LogP contribution is -2.36. The molecule has 4 rings (SSSR count). The molecule has 1 aromatic carbocycles. The Morgan fingerprint density at radius 3 is 2.76 bits per heavy atom. The summed E-state index contributed by atoms with van der Waals surface area (Å²) in [5.74, 6) is 5.49. The van der Waals surface area contributed by atoms with Crippen LogP contribution in [-0.4, -0.2) is 16.3 Å². The Morgan fingerprint density at radius 2 is 1.95 bits per heavy atom. The van der Waals surface area contributed by atoms with Crippen LogP contribution in [0.2, 0.25) is 0 Å². The molecule has 0 aromatic heterocycles. The highest BCUT2D eigenvalue weighted by molar-refractivity contribution is 5.40. The Bertz CT molecular complexity index is 600. The zero-order chi connectivity index (χ0) is 14.6. The third-order valence-corrected chi connectivity index (χ3v) is 6.29. The molecule has 3 aliphatic carbocycles. The fourth-order valence-electron chi connectivity index (χ4n) is 5.38. The molecule has 2 unspecified atom stereocenters. The van der Waals surface area contributed by atoms with Gasteiger partial charge in [-0.1, -0.05) is 6.07 Å². The molecule has 21 heavy (non-hydrogen) atoms. The number of fused-ring (bicyclic) bond motifs is 5. The van der Waals surface area contributed by atoms with E-state index in [1.165, 1.54) is 17.5 Å². The number of aliphatic hydroxyl groups excluding tert-OH is 1. The van der Waals surface area contributed by atoms with E-state index in [-0.39, 0.29) is 12.0 Å². The first-order valence-electron chi connectivity index (χ1n) is 8.15. The fraction of sp³-hybridized carbons (Fsp3) is 0.579. The first-order chi connectivity index (χ1) is 10.2. The minimum Gasteiger partial charge on any atom is -0.508 e. The highest BCUT2D eigenvalue weighted by Crippen LogP contribution is 2.56. The van der Waals surface area contributed by atoms with Gasteiger partial charge in [-0.15, -0.1) is 12.3 Å². The van der Waals surface area contributed by atoms with Crippen molar-refractivity contribution in [1.29, 1.82) is 0 Å². The molecule has 110 valence electrons. The van der Waals surface area contributed by atoms with Gasteiger partial charge < -0.3 is 10.2 Å². The summed E-state index contributed by atoms with van der Waals surface area (Å²) in [5, 5.41) is 20.1. The van der Waals surface area contributed by atoms with Gasteiger partial charge in [0.05, 0.1) is 6.10 Å². The molecular weight excluding hydrogens is 260 g/mol. The van der Waals surface area contributed by atoms with Crippen molar-refractivity contribution in [2.45, 2.75) is 44.1 Å². The van der Waals surface area contributed by atoms with Crippen molar-refractivity contribution in [3.05, 3.63) is 29.3 Å². The van der Waals surface area contributed by atoms with Crippen molar-refractivity contribution in [2.75, 3.05) is 0 Å². The smallest absolute Gasteiger partial charge is 0.115 e. The minimum absolute atomic E-state index is 0.0555. The molecule has 0 saturated heterocycles. The van der Waals surface area contributed by atoms with Crippen molar-refractivity contribution in [2.24, 2.45) is 23.7 Å². The highest BCUT2D eigenvalue weighted by atomic mass is 16.3. The van der Waals surface area contributed by atoms with Crippen LogP contribution in [-0.2, 0) is 6.42 Å². The van der Waals surface area contributed by atoms with Gasteiger partial charge in [0, 0.05) is 5.92 Å². The van der Waals surface area contributed by atoms with E-state index in [2.05, 4.69) is 12.0 Å². The molecule has 6 atom stereocenters. The molecule has 0 spiro atoms. The van der Waals surface area contributed by atoms with Crippen molar-refractivity contribution in [1.82, 2.24) is 0 Å². The quantitative estimate of drug-likeness (QED) is 0.718. The van der Waals surface area contributed by atoms with Gasteiger partial charge in [0.25, 0.3) is 0 Å². The van der Waals surface area contributed by atoms with Gasteiger partial charge in [0.15, 0.2) is 0 Å². The first kappa shape index (κ1) is 13.2. The fourth-order valence-corrected chi connectivity index (χ4v) is 5.38. The Kier molecular flexibility index (Phi) is 3.01. The van der Waals surface area contributed by atoms with Gasteiger partial charge in [-0.3, -0.25) is 0 Å². The molecule has 0 aliphatic heterocycles. The van der Waals surface area contributed by atoms with E-state index in [9.17, 15) is 10.2 Å². The second-order valence-electron chi connectivity index (χ2n) is 7.10. The number of hydrogen-bond acceptors (Lipinski definition) is 2. The predicted molar refractivity (Wildman–Crippen MR) is 81.8 cm³/mol. The molecule has 2 heteroatoms. The third-order valence-electron chi connectivity index (χ3n) is 6.29. The molecule has 0 heterocycles. The standard InChI is InChI=1S/C19H22O2/c1-2-11-10-18-16-5-3-12-9-13(20)4-6-14(12)15(16)7-8-17(18)19(11)21/h1,4,6,9,11,15-21H,3,5,7-8,10H2/t11?,15-,16-,17+,18+,19?/m1/s1. The monoisotopic (exact) mass is 282 g/mol. The zero-order valence-corrected chi connectivity index (χ0v) is 12.2. The van der Waals surface area contributed by atoms with Crippen LogP contribution in [0, 0.1) is 36.0 Å². The van der Waals surface area contributed by atoms with Crippen molar-refractivity contribution < 1.29 is 10.2 Å². The van der Waals surface area contributed by atoms with E-state index in [0.29, 0.717) is 29.4 Å². The predicted octanol–water partition coefficient (Wildman–Crippen LogP) is 3.08. The van der Waals surface area contributed by atoms with Gasteiger partial charge in [-0.05, 0) is 79.0 Å². The van der Waals surface area contributed by atoms with E-state index in [4.69, 9.17) is 6.42 Å². The number of aromatic hydroxyl groups is 1. The molecule has 0 bridgehead atoms. The Labute approximate surface area is 126 Å². The van der Waals surface area contributed by atoms with Crippen LogP contribution >= 0.6 is 0 Å². The van der Waals surface area contributed by atoms with Crippen LogP contribution < -0.4 is 0 Å². The van der Waals surface area contributed by atoms with Crippen LogP contribution in [0.15, 0.2) is 18.2 Å². The Hall–Kier alpha value is -1.46. The van der Waals surface area contributed by atoms with Gasteiger partial charge >= 0.3 is 0 Å². The number of phenolic OH excluding ortho intramolecular Hbond substituents is 1. The molecular formula is C19H22O2. The number of terminal acetylenes is 1. The lowest BCUT2D eigenvalue weighted by molar-refractivity contribution is 0.0499. The number of rotatable bonds is 0. The molecule has 3 aliphatic rings. The van der Waals surface area contributed by atoms with E-state index >= 15 is 0 Å². The highest BCUT2D eigenvalue weighted by Gasteiger charge is 2.50. The van der Waals surface area contributed by atoms with Crippen molar-refractivity contribution in [3.8, 4) is 18.1 Å². The number of aliphatic hydroxyl groups is 1. The van der Waals surface area contributed by atoms with Crippen molar-refractivity contribution >= 4 is 0 Å². The number of hydrogen-bond donors (Lipinski definition) is 2.